The van der Waals surface area contributed by atoms with Gasteiger partial charge in [-0.05, 0) is 109 Å². The molecule has 0 aromatic rings. The smallest absolute Gasteiger partial charge is 0.302 e. The lowest BCUT2D eigenvalue weighted by Gasteiger charge is -2.69. The zero-order valence-electron chi connectivity index (χ0n) is 23.7. The summed E-state index contributed by atoms with van der Waals surface area (Å²) in [5, 5.41) is 0. The number of hydrogen-bond acceptors (Lipinski definition) is 2. The quantitative estimate of drug-likeness (QED) is 0.299. The largest absolute Gasteiger partial charge is 0.462 e. The number of carbonyl (C=O) groups is 1. The maximum atomic E-state index is 11.9. The van der Waals surface area contributed by atoms with Crippen molar-refractivity contribution in [2.75, 3.05) is 0 Å². The SMILES string of the molecule is CC(=O)O[C@H]1CC[C@]2(C)[C@@H]3CC[C@@]4(C)[C@H]5[C@@H](C(C)C)CC[C@]5(C)CC[C@]4(C)C3=CC[C@H]2C1(C)C. The van der Waals surface area contributed by atoms with Crippen molar-refractivity contribution in [3.8, 4) is 0 Å². The first-order valence-electron chi connectivity index (χ1n) is 14.6. The zero-order valence-corrected chi connectivity index (χ0v) is 23.7. The molecule has 0 saturated heterocycles. The van der Waals surface area contributed by atoms with Gasteiger partial charge < -0.3 is 4.74 Å². The minimum atomic E-state index is -0.115. The van der Waals surface area contributed by atoms with Crippen LogP contribution in [0.3, 0.4) is 0 Å². The third-order valence-corrected chi connectivity index (χ3v) is 13.3. The average Bonchev–Trinajstić information content (AvgIpc) is 3.10. The van der Waals surface area contributed by atoms with Crippen LogP contribution in [0.4, 0.5) is 0 Å². The van der Waals surface area contributed by atoms with E-state index < -0.39 is 0 Å². The lowest BCUT2D eigenvalue weighted by Crippen LogP contribution is -2.62. The summed E-state index contributed by atoms with van der Waals surface area (Å²) in [5.74, 6) is 3.72. The van der Waals surface area contributed by atoms with Gasteiger partial charge in [0, 0.05) is 12.3 Å². The lowest BCUT2D eigenvalue weighted by molar-refractivity contribution is -0.181. The van der Waals surface area contributed by atoms with E-state index in [2.05, 4.69) is 61.5 Å². The van der Waals surface area contributed by atoms with Crippen LogP contribution in [0.1, 0.15) is 120 Å². The van der Waals surface area contributed by atoms with E-state index in [0.717, 1.165) is 30.6 Å². The minimum Gasteiger partial charge on any atom is -0.462 e. The van der Waals surface area contributed by atoms with E-state index in [9.17, 15) is 4.79 Å². The van der Waals surface area contributed by atoms with E-state index in [1.165, 1.54) is 44.9 Å². The van der Waals surface area contributed by atoms with E-state index in [4.69, 9.17) is 4.74 Å². The summed E-state index contributed by atoms with van der Waals surface area (Å²) in [4.78, 5) is 11.9. The van der Waals surface area contributed by atoms with Crippen molar-refractivity contribution < 1.29 is 9.53 Å². The maximum absolute atomic E-state index is 11.9. The van der Waals surface area contributed by atoms with Gasteiger partial charge in [-0.1, -0.05) is 67.0 Å². The Hall–Kier alpha value is -0.790. The van der Waals surface area contributed by atoms with Crippen LogP contribution in [0.2, 0.25) is 0 Å². The van der Waals surface area contributed by atoms with Crippen molar-refractivity contribution in [2.45, 2.75) is 126 Å². The first-order chi connectivity index (χ1) is 15.7. The first kappa shape index (κ1) is 24.9. The summed E-state index contributed by atoms with van der Waals surface area (Å²) >= 11 is 0. The molecule has 9 atom stereocenters. The molecule has 2 nitrogen and oxygen atoms in total. The Morgan fingerprint density at radius 1 is 0.941 bits per heavy atom. The number of rotatable bonds is 2. The molecule has 5 rings (SSSR count). The molecular weight excluding hydrogens is 416 g/mol. The van der Waals surface area contributed by atoms with E-state index in [1.807, 2.05) is 5.57 Å². The summed E-state index contributed by atoms with van der Waals surface area (Å²) in [6.07, 6.45) is 14.6. The summed E-state index contributed by atoms with van der Waals surface area (Å²) in [6.45, 7) is 22.0. The number of hydrogen-bond donors (Lipinski definition) is 0. The molecule has 0 aromatic heterocycles. The molecule has 0 heterocycles. The van der Waals surface area contributed by atoms with Gasteiger partial charge >= 0.3 is 5.97 Å². The fourth-order valence-corrected chi connectivity index (χ4v) is 11.4. The summed E-state index contributed by atoms with van der Waals surface area (Å²) in [5.41, 5.74) is 3.49. The van der Waals surface area contributed by atoms with Gasteiger partial charge in [-0.25, -0.2) is 0 Å². The van der Waals surface area contributed by atoms with Crippen molar-refractivity contribution in [3.63, 3.8) is 0 Å². The van der Waals surface area contributed by atoms with Gasteiger partial charge in [-0.3, -0.25) is 4.79 Å². The number of fused-ring (bicyclic) bond motifs is 7. The van der Waals surface area contributed by atoms with Crippen molar-refractivity contribution in [2.24, 2.45) is 56.7 Å². The van der Waals surface area contributed by atoms with Gasteiger partial charge in [-0.15, -0.1) is 0 Å². The fraction of sp³-hybridized carbons (Fsp3) is 0.906. The van der Waals surface area contributed by atoms with E-state index in [-0.39, 0.29) is 17.5 Å². The summed E-state index contributed by atoms with van der Waals surface area (Å²) < 4.78 is 5.89. The number of allylic oxidation sites excluding steroid dienone is 2. The molecule has 0 amide bonds. The lowest BCUT2D eigenvalue weighted by atomic mass is 9.35. The molecule has 5 aliphatic carbocycles. The highest BCUT2D eigenvalue weighted by Crippen LogP contribution is 2.76. The summed E-state index contributed by atoms with van der Waals surface area (Å²) in [6, 6.07) is 0. The van der Waals surface area contributed by atoms with Crippen LogP contribution in [-0.2, 0) is 9.53 Å². The van der Waals surface area contributed by atoms with E-state index in [0.29, 0.717) is 33.5 Å². The highest BCUT2D eigenvalue weighted by atomic mass is 16.5. The van der Waals surface area contributed by atoms with Crippen LogP contribution < -0.4 is 0 Å². The van der Waals surface area contributed by atoms with Crippen molar-refractivity contribution in [1.82, 2.24) is 0 Å². The normalized spacial score (nSPS) is 51.6. The zero-order chi connectivity index (χ0) is 24.9. The van der Waals surface area contributed by atoms with E-state index >= 15 is 0 Å². The van der Waals surface area contributed by atoms with Gasteiger partial charge in [0.2, 0.25) is 0 Å². The van der Waals surface area contributed by atoms with Crippen molar-refractivity contribution in [1.29, 1.82) is 0 Å². The molecular formula is C32H52O2. The molecule has 4 fully saturated rings. The van der Waals surface area contributed by atoms with Crippen LogP contribution in [0.15, 0.2) is 11.6 Å². The molecule has 192 valence electrons. The van der Waals surface area contributed by atoms with Crippen LogP contribution in [0.5, 0.6) is 0 Å². The second kappa shape index (κ2) is 7.61. The van der Waals surface area contributed by atoms with Gasteiger partial charge in [-0.2, -0.15) is 0 Å². The minimum absolute atomic E-state index is 0.0294. The molecule has 0 unspecified atom stereocenters. The van der Waals surface area contributed by atoms with Crippen molar-refractivity contribution >= 4 is 5.97 Å². The third kappa shape index (κ3) is 3.08. The van der Waals surface area contributed by atoms with Crippen LogP contribution in [0, 0.1) is 56.7 Å². The topological polar surface area (TPSA) is 26.3 Å². The Kier molecular flexibility index (Phi) is 5.57. The molecule has 0 radical (unpaired) electrons. The molecule has 0 bridgehead atoms. The predicted octanol–water partition coefficient (Wildman–Crippen LogP) is 8.60. The Labute approximate surface area is 210 Å². The Morgan fingerprint density at radius 3 is 2.29 bits per heavy atom. The number of carbonyl (C=O) groups excluding carboxylic acids is 1. The molecule has 0 N–H and O–H groups in total. The van der Waals surface area contributed by atoms with Crippen LogP contribution >= 0.6 is 0 Å². The molecule has 0 aliphatic heterocycles. The molecule has 0 aromatic carbocycles. The molecule has 5 aliphatic rings. The molecule has 0 spiro atoms. The van der Waals surface area contributed by atoms with Crippen LogP contribution in [0.25, 0.3) is 0 Å². The second-order valence-electron chi connectivity index (χ2n) is 15.3. The second-order valence-corrected chi connectivity index (χ2v) is 15.3. The maximum Gasteiger partial charge on any atom is 0.302 e. The van der Waals surface area contributed by atoms with Gasteiger partial charge in [0.15, 0.2) is 0 Å². The standard InChI is InChI=1S/C32H52O2/c1-20(2)22-12-15-29(6)18-19-31(8)24-10-11-25-28(4,5)26(34-21(3)33)14-16-30(25,7)23(24)13-17-32(31,9)27(22)29/h10,20,22-23,25-27H,11-19H2,1-9H3/t22-,23-,25+,26+,27+,29-,30-,31-,32+/m1/s1. The highest BCUT2D eigenvalue weighted by molar-refractivity contribution is 5.66. The first-order valence-corrected chi connectivity index (χ1v) is 14.6. The Morgan fingerprint density at radius 2 is 1.65 bits per heavy atom. The van der Waals surface area contributed by atoms with Gasteiger partial charge in [0.05, 0.1) is 0 Å². The van der Waals surface area contributed by atoms with E-state index in [1.54, 1.807) is 6.92 Å². The highest BCUT2D eigenvalue weighted by Gasteiger charge is 2.68. The summed E-state index contributed by atoms with van der Waals surface area (Å²) in [7, 11) is 0. The monoisotopic (exact) mass is 468 g/mol. The van der Waals surface area contributed by atoms with Gasteiger partial charge in [0.1, 0.15) is 6.10 Å². The molecule has 34 heavy (non-hydrogen) atoms. The van der Waals surface area contributed by atoms with Crippen molar-refractivity contribution in [3.05, 3.63) is 11.6 Å². The fourth-order valence-electron chi connectivity index (χ4n) is 11.4. The Bertz CT molecular complexity index is 883. The third-order valence-electron chi connectivity index (χ3n) is 13.3. The number of esters is 1. The predicted molar refractivity (Wildman–Crippen MR) is 140 cm³/mol. The van der Waals surface area contributed by atoms with Crippen LogP contribution in [-0.4, -0.2) is 12.1 Å². The molecule has 2 heteroatoms. The Balaban J connectivity index is 1.54. The van der Waals surface area contributed by atoms with Gasteiger partial charge in [0.25, 0.3) is 0 Å². The molecule has 4 saturated carbocycles. The number of ether oxygens (including phenoxy) is 1. The average molecular weight is 469 g/mol.